The molecule has 0 atom stereocenters. The van der Waals surface area contributed by atoms with Gasteiger partial charge in [0.25, 0.3) is 0 Å². The third-order valence-electron chi connectivity index (χ3n) is 3.74. The van der Waals surface area contributed by atoms with Crippen LogP contribution in [0.4, 0.5) is 0 Å². The van der Waals surface area contributed by atoms with E-state index in [9.17, 15) is 0 Å². The fraction of sp³-hybridized carbons (Fsp3) is 0.400. The lowest BCUT2D eigenvalue weighted by molar-refractivity contribution is 0.361. The van der Waals surface area contributed by atoms with Gasteiger partial charge in [0, 0.05) is 34.9 Å². The summed E-state index contributed by atoms with van der Waals surface area (Å²) in [6.45, 7) is 2.15. The number of nitrogens with zero attached hydrogens (tertiary/aromatic N) is 2. The quantitative estimate of drug-likeness (QED) is 0.936. The monoisotopic (exact) mass is 309 g/mol. The molecule has 0 bridgehead atoms. The molecule has 0 amide bonds. The topological polar surface area (TPSA) is 29.9 Å². The van der Waals surface area contributed by atoms with Crippen LogP contribution in [-0.4, -0.2) is 22.6 Å². The summed E-state index contributed by atoms with van der Waals surface area (Å²) in [5.41, 5.74) is 1.10. The first-order valence-electron chi connectivity index (χ1n) is 6.90. The van der Waals surface area contributed by atoms with Crippen LogP contribution in [-0.2, 0) is 6.42 Å². The number of halogens is 2. The van der Waals surface area contributed by atoms with Gasteiger partial charge in [-0.3, -0.25) is 0 Å². The molecule has 3 rings (SSSR count). The first-order chi connectivity index (χ1) is 9.72. The molecule has 0 spiro atoms. The van der Waals surface area contributed by atoms with E-state index >= 15 is 0 Å². The van der Waals surface area contributed by atoms with Crippen LogP contribution in [0.15, 0.2) is 30.6 Å². The van der Waals surface area contributed by atoms with Crippen molar-refractivity contribution in [2.75, 3.05) is 13.1 Å². The van der Waals surface area contributed by atoms with Gasteiger partial charge in [-0.15, -0.1) is 0 Å². The molecule has 1 aliphatic rings. The number of hydrogen-bond donors (Lipinski definition) is 1. The molecule has 1 aliphatic heterocycles. The number of rotatable bonds is 3. The normalized spacial score (nSPS) is 16.5. The molecule has 1 aromatic heterocycles. The van der Waals surface area contributed by atoms with Gasteiger partial charge in [0.05, 0.1) is 0 Å². The summed E-state index contributed by atoms with van der Waals surface area (Å²) in [5.74, 6) is 1.08. The zero-order valence-electron chi connectivity index (χ0n) is 11.1. The summed E-state index contributed by atoms with van der Waals surface area (Å²) < 4.78 is 2.30. The molecular formula is C15H17Cl2N3. The molecule has 1 saturated heterocycles. The Morgan fingerprint density at radius 2 is 1.85 bits per heavy atom. The summed E-state index contributed by atoms with van der Waals surface area (Å²) in [4.78, 5) is 4.50. The summed E-state index contributed by atoms with van der Waals surface area (Å²) >= 11 is 12.1. The van der Waals surface area contributed by atoms with Crippen LogP contribution in [0.1, 0.15) is 30.3 Å². The van der Waals surface area contributed by atoms with Crippen LogP contribution >= 0.6 is 23.2 Å². The number of aromatic nitrogens is 2. The lowest BCUT2D eigenvalue weighted by Gasteiger charge is -2.25. The molecule has 0 aliphatic carbocycles. The largest absolute Gasteiger partial charge is 0.332 e. The van der Waals surface area contributed by atoms with E-state index in [1.165, 1.54) is 0 Å². The van der Waals surface area contributed by atoms with Crippen molar-refractivity contribution in [1.82, 2.24) is 14.9 Å². The van der Waals surface area contributed by atoms with E-state index < -0.39 is 0 Å². The second-order valence-corrected chi connectivity index (χ2v) is 6.06. The maximum Gasteiger partial charge on any atom is 0.113 e. The van der Waals surface area contributed by atoms with Crippen molar-refractivity contribution in [2.45, 2.75) is 25.3 Å². The Morgan fingerprint density at radius 3 is 2.55 bits per heavy atom. The number of benzene rings is 1. The molecule has 0 saturated carbocycles. The van der Waals surface area contributed by atoms with Crippen molar-refractivity contribution in [2.24, 2.45) is 0 Å². The van der Waals surface area contributed by atoms with E-state index in [4.69, 9.17) is 23.2 Å². The second kappa shape index (κ2) is 6.17. The number of imidazole rings is 1. The Labute approximate surface area is 128 Å². The Morgan fingerprint density at radius 1 is 1.15 bits per heavy atom. The molecule has 2 aromatic rings. The maximum atomic E-state index is 6.06. The number of nitrogens with one attached hydrogen (secondary N) is 1. The van der Waals surface area contributed by atoms with Gasteiger partial charge in [-0.2, -0.15) is 0 Å². The Kier molecular flexibility index (Phi) is 4.29. The van der Waals surface area contributed by atoms with Crippen LogP contribution in [0.25, 0.3) is 0 Å². The van der Waals surface area contributed by atoms with E-state index in [0.717, 1.165) is 43.7 Å². The first-order valence-corrected chi connectivity index (χ1v) is 7.65. The van der Waals surface area contributed by atoms with Crippen molar-refractivity contribution in [3.05, 3.63) is 52.0 Å². The lowest BCUT2D eigenvalue weighted by atomic mass is 10.1. The van der Waals surface area contributed by atoms with Crippen LogP contribution in [0.5, 0.6) is 0 Å². The fourth-order valence-corrected chi connectivity index (χ4v) is 3.36. The van der Waals surface area contributed by atoms with Crippen molar-refractivity contribution < 1.29 is 0 Å². The highest BCUT2D eigenvalue weighted by Gasteiger charge is 2.17. The van der Waals surface area contributed by atoms with Crippen molar-refractivity contribution in [3.8, 4) is 0 Å². The van der Waals surface area contributed by atoms with Crippen LogP contribution < -0.4 is 5.32 Å². The lowest BCUT2D eigenvalue weighted by Crippen LogP contribution is -2.29. The minimum atomic E-state index is 0.545. The van der Waals surface area contributed by atoms with Crippen molar-refractivity contribution >= 4 is 23.2 Å². The molecule has 1 aromatic carbocycles. The fourth-order valence-electron chi connectivity index (χ4n) is 2.79. The predicted molar refractivity (Wildman–Crippen MR) is 82.6 cm³/mol. The van der Waals surface area contributed by atoms with Gasteiger partial charge in [-0.05, 0) is 49.7 Å². The molecule has 20 heavy (non-hydrogen) atoms. The van der Waals surface area contributed by atoms with Gasteiger partial charge in [-0.1, -0.05) is 23.2 Å². The zero-order valence-corrected chi connectivity index (χ0v) is 12.7. The molecule has 0 unspecified atom stereocenters. The smallest absolute Gasteiger partial charge is 0.113 e. The van der Waals surface area contributed by atoms with E-state index in [-0.39, 0.29) is 0 Å². The molecular weight excluding hydrogens is 293 g/mol. The Bertz CT molecular complexity index is 568. The van der Waals surface area contributed by atoms with Crippen LogP contribution in [0.2, 0.25) is 10.0 Å². The van der Waals surface area contributed by atoms with Gasteiger partial charge in [0.1, 0.15) is 5.82 Å². The summed E-state index contributed by atoms with van der Waals surface area (Å²) in [6.07, 6.45) is 7.03. The molecule has 0 radical (unpaired) electrons. The van der Waals surface area contributed by atoms with Crippen LogP contribution in [0, 0.1) is 0 Å². The van der Waals surface area contributed by atoms with Gasteiger partial charge in [-0.25, -0.2) is 4.98 Å². The minimum Gasteiger partial charge on any atom is -0.332 e. The van der Waals surface area contributed by atoms with Gasteiger partial charge in [0.2, 0.25) is 0 Å². The predicted octanol–water partition coefficient (Wildman–Crippen LogP) is 3.71. The molecule has 1 fully saturated rings. The summed E-state index contributed by atoms with van der Waals surface area (Å²) in [5, 5.41) is 4.74. The van der Waals surface area contributed by atoms with Gasteiger partial charge in [0.15, 0.2) is 0 Å². The molecule has 1 N–H and O–H groups in total. The third kappa shape index (κ3) is 3.17. The highest BCUT2D eigenvalue weighted by atomic mass is 35.5. The van der Waals surface area contributed by atoms with E-state index in [0.29, 0.717) is 16.1 Å². The SMILES string of the molecule is Clc1cc(Cl)cc(Cc2nccn2C2CCNCC2)c1. The van der Waals surface area contributed by atoms with Crippen molar-refractivity contribution in [1.29, 1.82) is 0 Å². The van der Waals surface area contributed by atoms with E-state index in [2.05, 4.69) is 21.1 Å². The number of hydrogen-bond acceptors (Lipinski definition) is 2. The van der Waals surface area contributed by atoms with E-state index in [1.807, 2.05) is 18.3 Å². The zero-order chi connectivity index (χ0) is 13.9. The summed E-state index contributed by atoms with van der Waals surface area (Å²) in [7, 11) is 0. The van der Waals surface area contributed by atoms with Crippen LogP contribution in [0.3, 0.4) is 0 Å². The minimum absolute atomic E-state index is 0.545. The standard InChI is InChI=1S/C15H17Cl2N3/c16-12-7-11(8-13(17)10-12)9-15-19-5-6-20(15)14-1-3-18-4-2-14/h5-8,10,14,18H,1-4,9H2. The third-order valence-corrected chi connectivity index (χ3v) is 4.17. The molecule has 3 nitrogen and oxygen atoms in total. The Balaban J connectivity index is 1.82. The highest BCUT2D eigenvalue weighted by molar-refractivity contribution is 6.34. The average Bonchev–Trinajstić information content (AvgIpc) is 2.86. The molecule has 2 heterocycles. The highest BCUT2D eigenvalue weighted by Crippen LogP contribution is 2.24. The molecule has 106 valence electrons. The second-order valence-electron chi connectivity index (χ2n) is 5.19. The number of piperidine rings is 1. The molecule has 5 heteroatoms. The maximum absolute atomic E-state index is 6.06. The van der Waals surface area contributed by atoms with Gasteiger partial charge >= 0.3 is 0 Å². The first kappa shape index (κ1) is 13.9. The van der Waals surface area contributed by atoms with Crippen molar-refractivity contribution in [3.63, 3.8) is 0 Å². The summed E-state index contributed by atoms with van der Waals surface area (Å²) in [6, 6.07) is 6.21. The van der Waals surface area contributed by atoms with Gasteiger partial charge < -0.3 is 9.88 Å². The average molecular weight is 310 g/mol. The van der Waals surface area contributed by atoms with E-state index in [1.54, 1.807) is 6.07 Å². The Hall–Kier alpha value is -1.03.